The number of nitrogens with two attached hydrogens (primary N) is 1. The van der Waals surface area contributed by atoms with E-state index in [1.165, 1.54) is 0 Å². The molecule has 17 nitrogen and oxygen atoms in total. The molecule has 0 bridgehead atoms. The molecule has 0 aliphatic rings. The maximum atomic E-state index is 12.6. The Hall–Kier alpha value is -3.38. The highest BCUT2D eigenvalue weighted by atomic mass is 16.4. The van der Waals surface area contributed by atoms with Crippen LogP contribution in [-0.4, -0.2) is 123 Å². The van der Waals surface area contributed by atoms with Crippen LogP contribution in [0.4, 0.5) is 0 Å². The van der Waals surface area contributed by atoms with Crippen molar-refractivity contribution in [3.05, 3.63) is 0 Å². The Bertz CT molecular complexity index is 807. The highest BCUT2D eigenvalue weighted by Crippen LogP contribution is 2.00. The maximum absolute atomic E-state index is 12.6. The standard InChI is InChI=1S/C19H34N6O11/c1-7(19(35)36)21-17(33)13(8(2)28)24-16(32)11(6-27)23-18(34)14(9(3)29)25-15(31)10(5-26)22-12(30)4-20/h7-11,13-14,26-29H,4-6,20H2,1-3H3,(H,21,33)(H,22,30)(H,23,34)(H,24,32)(H,25,31)(H,35,36)/t7-,8+,9+,10-,11-,13-,14-/m0/s1. The van der Waals surface area contributed by atoms with Gasteiger partial charge in [-0.1, -0.05) is 0 Å². The average Bonchev–Trinajstić information content (AvgIpc) is 2.81. The second-order valence-corrected chi connectivity index (χ2v) is 7.77. The zero-order chi connectivity index (χ0) is 28.2. The van der Waals surface area contributed by atoms with Gasteiger partial charge in [0.15, 0.2) is 0 Å². The van der Waals surface area contributed by atoms with Crippen molar-refractivity contribution in [3.8, 4) is 0 Å². The first-order valence-electron chi connectivity index (χ1n) is 10.7. The van der Waals surface area contributed by atoms with Crippen molar-refractivity contribution in [2.24, 2.45) is 5.73 Å². The number of carboxylic acids is 1. The van der Waals surface area contributed by atoms with E-state index in [9.17, 15) is 49.2 Å². The van der Waals surface area contributed by atoms with Gasteiger partial charge >= 0.3 is 5.97 Å². The van der Waals surface area contributed by atoms with E-state index in [-0.39, 0.29) is 0 Å². The van der Waals surface area contributed by atoms with Crippen LogP contribution in [0.25, 0.3) is 0 Å². The van der Waals surface area contributed by atoms with Crippen molar-refractivity contribution >= 4 is 35.5 Å². The van der Waals surface area contributed by atoms with Crippen LogP contribution in [0.3, 0.4) is 0 Å². The predicted octanol–water partition coefficient (Wildman–Crippen LogP) is -6.78. The van der Waals surface area contributed by atoms with Crippen LogP contribution in [-0.2, 0) is 28.8 Å². The molecule has 0 saturated heterocycles. The van der Waals surface area contributed by atoms with Crippen molar-refractivity contribution in [2.45, 2.75) is 63.2 Å². The number of hydrogen-bond donors (Lipinski definition) is 11. The fourth-order valence-corrected chi connectivity index (χ4v) is 2.59. The van der Waals surface area contributed by atoms with Crippen LogP contribution in [0, 0.1) is 0 Å². The maximum Gasteiger partial charge on any atom is 0.325 e. The molecule has 0 unspecified atom stereocenters. The molecule has 0 aromatic rings. The SMILES string of the molecule is C[C@H](NC(=O)[C@@H](NC(=O)[C@H](CO)NC(=O)[C@@H](NC(=O)[C@H](CO)NC(=O)CN)[C@@H](C)O)[C@@H](C)O)C(=O)O. The second kappa shape index (κ2) is 15.6. The first kappa shape index (κ1) is 32.6. The lowest BCUT2D eigenvalue weighted by Crippen LogP contribution is -2.62. The molecule has 12 N–H and O–H groups in total. The highest BCUT2D eigenvalue weighted by Gasteiger charge is 2.34. The van der Waals surface area contributed by atoms with E-state index in [4.69, 9.17) is 10.8 Å². The molecule has 7 atom stereocenters. The van der Waals surface area contributed by atoms with E-state index in [1.54, 1.807) is 0 Å². The first-order chi connectivity index (χ1) is 16.7. The number of hydrogen-bond acceptors (Lipinski definition) is 11. The monoisotopic (exact) mass is 522 g/mol. The van der Waals surface area contributed by atoms with Crippen molar-refractivity contribution in [1.82, 2.24) is 26.6 Å². The summed E-state index contributed by atoms with van der Waals surface area (Å²) < 4.78 is 0. The average molecular weight is 523 g/mol. The van der Waals surface area contributed by atoms with Gasteiger partial charge in [0.05, 0.1) is 32.0 Å². The Labute approximate surface area is 205 Å². The minimum atomic E-state index is -1.73. The van der Waals surface area contributed by atoms with Gasteiger partial charge in [0.25, 0.3) is 0 Å². The normalized spacial score (nSPS) is 16.7. The van der Waals surface area contributed by atoms with Gasteiger partial charge in [-0.3, -0.25) is 28.8 Å². The minimum Gasteiger partial charge on any atom is -0.480 e. The third-order valence-corrected chi connectivity index (χ3v) is 4.69. The number of aliphatic hydroxyl groups is 4. The number of carboxylic acid groups (broad SMARTS) is 1. The van der Waals surface area contributed by atoms with E-state index in [1.807, 2.05) is 0 Å². The summed E-state index contributed by atoms with van der Waals surface area (Å²) in [7, 11) is 0. The van der Waals surface area contributed by atoms with E-state index >= 15 is 0 Å². The number of carbonyl (C=O) groups is 6. The van der Waals surface area contributed by atoms with E-state index in [0.717, 1.165) is 20.8 Å². The van der Waals surface area contributed by atoms with Gasteiger partial charge in [-0.2, -0.15) is 0 Å². The molecule has 0 heterocycles. The summed E-state index contributed by atoms with van der Waals surface area (Å²) in [6.45, 7) is 1.02. The molecule has 0 radical (unpaired) electrons. The molecule has 0 aromatic heterocycles. The topological polar surface area (TPSA) is 290 Å². The fourth-order valence-electron chi connectivity index (χ4n) is 2.59. The van der Waals surface area contributed by atoms with E-state index in [0.29, 0.717) is 0 Å². The molecule has 17 heteroatoms. The Balaban J connectivity index is 5.43. The molecule has 0 saturated carbocycles. The smallest absolute Gasteiger partial charge is 0.325 e. The van der Waals surface area contributed by atoms with Gasteiger partial charge in [-0.05, 0) is 20.8 Å². The molecule has 0 aliphatic carbocycles. The Morgan fingerprint density at radius 1 is 0.667 bits per heavy atom. The molecule has 206 valence electrons. The van der Waals surface area contributed by atoms with Crippen LogP contribution in [0.1, 0.15) is 20.8 Å². The van der Waals surface area contributed by atoms with Gasteiger partial charge in [-0.25, -0.2) is 0 Å². The summed E-state index contributed by atoms with van der Waals surface area (Å²) in [4.78, 5) is 72.0. The van der Waals surface area contributed by atoms with E-state index in [2.05, 4.69) is 26.6 Å². The second-order valence-electron chi connectivity index (χ2n) is 7.77. The first-order valence-corrected chi connectivity index (χ1v) is 10.7. The van der Waals surface area contributed by atoms with Crippen LogP contribution in [0.5, 0.6) is 0 Å². The van der Waals surface area contributed by atoms with Crippen molar-refractivity contribution in [2.75, 3.05) is 19.8 Å². The quantitative estimate of drug-likeness (QED) is 0.0956. The van der Waals surface area contributed by atoms with Gasteiger partial charge in [0.2, 0.25) is 29.5 Å². The number of amides is 5. The van der Waals surface area contributed by atoms with Gasteiger partial charge in [0.1, 0.15) is 30.2 Å². The number of aliphatic carboxylic acids is 1. The molecular formula is C19H34N6O11. The van der Waals surface area contributed by atoms with Crippen molar-refractivity contribution in [1.29, 1.82) is 0 Å². The Morgan fingerprint density at radius 2 is 1.06 bits per heavy atom. The van der Waals surface area contributed by atoms with Crippen LogP contribution >= 0.6 is 0 Å². The van der Waals surface area contributed by atoms with Crippen LogP contribution in [0.2, 0.25) is 0 Å². The summed E-state index contributed by atoms with van der Waals surface area (Å²) in [6, 6.07) is -7.96. The minimum absolute atomic E-state index is 0.488. The molecule has 0 aliphatic heterocycles. The lowest BCUT2D eigenvalue weighted by Gasteiger charge is -2.27. The molecule has 0 fully saturated rings. The summed E-state index contributed by atoms with van der Waals surface area (Å²) in [6.07, 6.45) is -3.05. The molecule has 0 aromatic carbocycles. The summed E-state index contributed by atoms with van der Waals surface area (Å²) in [5, 5.41) is 57.8. The van der Waals surface area contributed by atoms with E-state index < -0.39 is 97.7 Å². The third kappa shape index (κ3) is 10.5. The van der Waals surface area contributed by atoms with Gasteiger partial charge < -0.3 is 57.9 Å². The largest absolute Gasteiger partial charge is 0.480 e. The number of rotatable bonds is 15. The molecular weight excluding hydrogens is 488 g/mol. The fraction of sp³-hybridized carbons (Fsp3) is 0.684. The van der Waals surface area contributed by atoms with Crippen molar-refractivity contribution < 1.29 is 54.3 Å². The van der Waals surface area contributed by atoms with Gasteiger partial charge in [0, 0.05) is 0 Å². The zero-order valence-electron chi connectivity index (χ0n) is 19.9. The van der Waals surface area contributed by atoms with Crippen molar-refractivity contribution in [3.63, 3.8) is 0 Å². The number of carbonyl (C=O) groups excluding carboxylic acids is 5. The predicted molar refractivity (Wildman–Crippen MR) is 120 cm³/mol. The molecule has 0 spiro atoms. The van der Waals surface area contributed by atoms with Crippen LogP contribution in [0.15, 0.2) is 0 Å². The third-order valence-electron chi connectivity index (χ3n) is 4.69. The Kier molecular flexibility index (Phi) is 14.1. The van der Waals surface area contributed by atoms with Gasteiger partial charge in [-0.15, -0.1) is 0 Å². The summed E-state index contributed by atoms with van der Waals surface area (Å²) >= 11 is 0. The highest BCUT2D eigenvalue weighted by molar-refractivity contribution is 5.96. The lowest BCUT2D eigenvalue weighted by molar-refractivity contribution is -0.142. The lowest BCUT2D eigenvalue weighted by atomic mass is 10.1. The molecule has 5 amide bonds. The number of nitrogens with one attached hydrogen (secondary N) is 5. The number of aliphatic hydroxyl groups excluding tert-OH is 4. The molecule has 36 heavy (non-hydrogen) atoms. The van der Waals surface area contributed by atoms with Crippen LogP contribution < -0.4 is 32.3 Å². The summed E-state index contributed by atoms with van der Waals surface area (Å²) in [5.41, 5.74) is 5.12. The zero-order valence-corrected chi connectivity index (χ0v) is 19.9. The summed E-state index contributed by atoms with van der Waals surface area (Å²) in [5.74, 6) is -6.60. The Morgan fingerprint density at radius 3 is 1.39 bits per heavy atom. The molecule has 0 rings (SSSR count).